The van der Waals surface area contributed by atoms with E-state index in [2.05, 4.69) is 15.9 Å². The molecule has 1 aliphatic carbocycles. The quantitative estimate of drug-likeness (QED) is 0.585. The van der Waals surface area contributed by atoms with Crippen molar-refractivity contribution in [2.75, 3.05) is 0 Å². The van der Waals surface area contributed by atoms with Crippen LogP contribution in [0.4, 0.5) is 0 Å². The molecule has 2 nitrogen and oxygen atoms in total. The number of hydrogen-bond donors (Lipinski definition) is 2. The number of aliphatic hydroxyl groups excluding tert-OH is 1. The zero-order valence-corrected chi connectivity index (χ0v) is 7.63. The second-order valence-corrected chi connectivity index (χ2v) is 4.54. The molecule has 0 saturated heterocycles. The third-order valence-corrected chi connectivity index (χ3v) is 2.99. The van der Waals surface area contributed by atoms with Crippen molar-refractivity contribution in [3.8, 4) is 0 Å². The molecular formula is C7H13BrO2. The Morgan fingerprint density at radius 3 is 2.60 bits per heavy atom. The molecule has 0 unspecified atom stereocenters. The molecule has 1 saturated carbocycles. The first-order valence-corrected chi connectivity index (χ1v) is 4.48. The molecule has 0 aromatic carbocycles. The van der Waals surface area contributed by atoms with E-state index in [1.807, 2.05) is 0 Å². The molecule has 3 heteroatoms. The Morgan fingerprint density at radius 2 is 2.20 bits per heavy atom. The third-order valence-electron chi connectivity index (χ3n) is 2.16. The predicted octanol–water partition coefficient (Wildman–Crippen LogP) is 1.05. The Bertz CT molecular complexity index is 125. The predicted molar refractivity (Wildman–Crippen MR) is 43.2 cm³/mol. The van der Waals surface area contributed by atoms with Gasteiger partial charge in [0.15, 0.2) is 0 Å². The SMILES string of the molecule is C[C@@]1(O)CC[C@H](Br)C[C@H]1O. The molecule has 1 aliphatic rings. The summed E-state index contributed by atoms with van der Waals surface area (Å²) in [6.07, 6.45) is 1.73. The zero-order valence-electron chi connectivity index (χ0n) is 6.05. The molecule has 0 bridgehead atoms. The molecule has 0 aromatic rings. The molecule has 3 atom stereocenters. The second-order valence-electron chi connectivity index (χ2n) is 3.24. The van der Waals surface area contributed by atoms with E-state index in [9.17, 15) is 10.2 Å². The fourth-order valence-corrected chi connectivity index (χ4v) is 1.81. The van der Waals surface area contributed by atoms with Gasteiger partial charge in [-0.2, -0.15) is 0 Å². The van der Waals surface area contributed by atoms with Crippen LogP contribution in [0.15, 0.2) is 0 Å². The normalized spacial score (nSPS) is 49.2. The van der Waals surface area contributed by atoms with Crippen molar-refractivity contribution < 1.29 is 10.2 Å². The van der Waals surface area contributed by atoms with E-state index in [1.54, 1.807) is 6.92 Å². The minimum Gasteiger partial charge on any atom is -0.390 e. The Morgan fingerprint density at radius 1 is 1.60 bits per heavy atom. The van der Waals surface area contributed by atoms with Crippen molar-refractivity contribution in [3.63, 3.8) is 0 Å². The number of alkyl halides is 1. The third kappa shape index (κ3) is 1.71. The van der Waals surface area contributed by atoms with E-state index in [0.717, 1.165) is 6.42 Å². The summed E-state index contributed by atoms with van der Waals surface area (Å²) in [7, 11) is 0. The largest absolute Gasteiger partial charge is 0.390 e. The standard InChI is InChI=1S/C7H13BrO2/c1-7(10)3-2-5(8)4-6(7)9/h5-6,9-10H,2-4H2,1H3/t5-,6+,7+/m0/s1. The van der Waals surface area contributed by atoms with Gasteiger partial charge in [-0.3, -0.25) is 0 Å². The second kappa shape index (κ2) is 2.80. The van der Waals surface area contributed by atoms with Crippen LogP contribution < -0.4 is 0 Å². The van der Waals surface area contributed by atoms with Crippen molar-refractivity contribution >= 4 is 15.9 Å². The van der Waals surface area contributed by atoms with Gasteiger partial charge in [0.25, 0.3) is 0 Å². The van der Waals surface area contributed by atoms with Crippen molar-refractivity contribution in [2.24, 2.45) is 0 Å². The molecule has 1 rings (SSSR count). The molecule has 0 amide bonds. The number of aliphatic hydroxyl groups is 2. The number of hydrogen-bond acceptors (Lipinski definition) is 2. The minimum absolute atomic E-state index is 0.378. The van der Waals surface area contributed by atoms with E-state index in [-0.39, 0.29) is 0 Å². The smallest absolute Gasteiger partial charge is 0.0878 e. The summed E-state index contributed by atoms with van der Waals surface area (Å²) in [5, 5.41) is 18.8. The van der Waals surface area contributed by atoms with Gasteiger partial charge in [-0.05, 0) is 26.2 Å². The van der Waals surface area contributed by atoms with Crippen molar-refractivity contribution in [2.45, 2.75) is 42.7 Å². The maximum Gasteiger partial charge on any atom is 0.0878 e. The molecule has 0 aliphatic heterocycles. The minimum atomic E-state index is -0.857. The highest BCUT2D eigenvalue weighted by atomic mass is 79.9. The molecule has 0 heterocycles. The van der Waals surface area contributed by atoms with Crippen LogP contribution in [0, 0.1) is 0 Å². The summed E-state index contributed by atoms with van der Waals surface area (Å²) in [4.78, 5) is 0.378. The van der Waals surface area contributed by atoms with Crippen LogP contribution >= 0.6 is 15.9 Å². The monoisotopic (exact) mass is 208 g/mol. The topological polar surface area (TPSA) is 40.5 Å². The summed E-state index contributed by atoms with van der Waals surface area (Å²) < 4.78 is 0. The molecule has 2 N–H and O–H groups in total. The molecular weight excluding hydrogens is 196 g/mol. The summed E-state index contributed by atoms with van der Waals surface area (Å²) in [5.74, 6) is 0. The van der Waals surface area contributed by atoms with Crippen LogP contribution in [0.25, 0.3) is 0 Å². The molecule has 0 spiro atoms. The Balaban J connectivity index is 2.52. The summed E-state index contributed by atoms with van der Waals surface area (Å²) in [5.41, 5.74) is -0.857. The lowest BCUT2D eigenvalue weighted by Crippen LogP contribution is -2.44. The fourth-order valence-electron chi connectivity index (χ4n) is 1.23. The van der Waals surface area contributed by atoms with Gasteiger partial charge in [0, 0.05) is 4.83 Å². The lowest BCUT2D eigenvalue weighted by atomic mass is 9.84. The Hall–Kier alpha value is 0.400. The summed E-state index contributed by atoms with van der Waals surface area (Å²) >= 11 is 3.41. The van der Waals surface area contributed by atoms with E-state index >= 15 is 0 Å². The van der Waals surface area contributed by atoms with Gasteiger partial charge in [0.05, 0.1) is 11.7 Å². The van der Waals surface area contributed by atoms with E-state index in [1.165, 1.54) is 0 Å². The molecule has 0 aromatic heterocycles. The van der Waals surface area contributed by atoms with Crippen LogP contribution in [-0.2, 0) is 0 Å². The molecule has 0 radical (unpaired) electrons. The first kappa shape index (κ1) is 8.50. The van der Waals surface area contributed by atoms with Crippen molar-refractivity contribution in [1.29, 1.82) is 0 Å². The van der Waals surface area contributed by atoms with Crippen molar-refractivity contribution in [3.05, 3.63) is 0 Å². The van der Waals surface area contributed by atoms with Crippen LogP contribution in [0.2, 0.25) is 0 Å². The highest BCUT2D eigenvalue weighted by molar-refractivity contribution is 9.09. The average Bonchev–Trinajstić information content (AvgIpc) is 1.81. The number of rotatable bonds is 0. The molecule has 10 heavy (non-hydrogen) atoms. The first-order valence-electron chi connectivity index (χ1n) is 3.57. The van der Waals surface area contributed by atoms with Gasteiger partial charge in [-0.1, -0.05) is 15.9 Å². The zero-order chi connectivity index (χ0) is 7.78. The fraction of sp³-hybridized carbons (Fsp3) is 1.00. The van der Waals surface area contributed by atoms with Gasteiger partial charge >= 0.3 is 0 Å². The van der Waals surface area contributed by atoms with E-state index in [0.29, 0.717) is 17.7 Å². The molecule has 1 fully saturated rings. The van der Waals surface area contributed by atoms with Crippen molar-refractivity contribution in [1.82, 2.24) is 0 Å². The van der Waals surface area contributed by atoms with E-state index < -0.39 is 11.7 Å². The maximum absolute atomic E-state index is 9.49. The van der Waals surface area contributed by atoms with Crippen LogP contribution in [0.5, 0.6) is 0 Å². The summed E-state index contributed by atoms with van der Waals surface area (Å²) in [6.45, 7) is 1.69. The van der Waals surface area contributed by atoms with Crippen LogP contribution in [0.3, 0.4) is 0 Å². The maximum atomic E-state index is 9.49. The van der Waals surface area contributed by atoms with Gasteiger partial charge in [-0.25, -0.2) is 0 Å². The van der Waals surface area contributed by atoms with Crippen LogP contribution in [0.1, 0.15) is 26.2 Å². The lowest BCUT2D eigenvalue weighted by Gasteiger charge is -2.35. The van der Waals surface area contributed by atoms with Gasteiger partial charge in [0.1, 0.15) is 0 Å². The molecule has 60 valence electrons. The highest BCUT2D eigenvalue weighted by Crippen LogP contribution is 2.31. The van der Waals surface area contributed by atoms with E-state index in [4.69, 9.17) is 0 Å². The summed E-state index contributed by atoms with van der Waals surface area (Å²) in [6, 6.07) is 0. The van der Waals surface area contributed by atoms with Gasteiger partial charge < -0.3 is 10.2 Å². The Labute approximate surface area is 69.4 Å². The number of halogens is 1. The van der Waals surface area contributed by atoms with Gasteiger partial charge in [0.2, 0.25) is 0 Å². The van der Waals surface area contributed by atoms with Crippen LogP contribution in [-0.4, -0.2) is 26.7 Å². The first-order chi connectivity index (χ1) is 4.52. The highest BCUT2D eigenvalue weighted by Gasteiger charge is 2.36. The Kier molecular flexibility index (Phi) is 2.38. The lowest BCUT2D eigenvalue weighted by molar-refractivity contribution is -0.0843. The average molecular weight is 209 g/mol. The van der Waals surface area contributed by atoms with Gasteiger partial charge in [-0.15, -0.1) is 0 Å².